The van der Waals surface area contributed by atoms with E-state index in [-0.39, 0.29) is 5.91 Å². The minimum Gasteiger partial charge on any atom is -0.384 e. The fraction of sp³-hybridized carbons (Fsp3) is 0.273. The van der Waals surface area contributed by atoms with Gasteiger partial charge in [-0.25, -0.2) is 9.67 Å². The van der Waals surface area contributed by atoms with Crippen LogP contribution in [0.3, 0.4) is 0 Å². The first-order chi connectivity index (χ1) is 8.60. The Labute approximate surface area is 104 Å². The Bertz CT molecular complexity index is 577. The second kappa shape index (κ2) is 4.82. The quantitative estimate of drug-likeness (QED) is 0.826. The van der Waals surface area contributed by atoms with E-state index in [1.807, 2.05) is 6.92 Å². The van der Waals surface area contributed by atoms with Crippen LogP contribution in [0.1, 0.15) is 23.0 Å². The normalized spacial score (nSPS) is 10.3. The third-order valence-corrected chi connectivity index (χ3v) is 2.46. The molecule has 0 fully saturated rings. The van der Waals surface area contributed by atoms with Gasteiger partial charge in [0.25, 0.3) is 5.91 Å². The van der Waals surface area contributed by atoms with Crippen LogP contribution in [-0.2, 0) is 13.5 Å². The van der Waals surface area contributed by atoms with Crippen LogP contribution < -0.4 is 11.1 Å². The second-order valence-electron chi connectivity index (χ2n) is 3.79. The molecule has 2 aromatic rings. The second-order valence-corrected chi connectivity index (χ2v) is 3.79. The van der Waals surface area contributed by atoms with E-state index in [0.717, 1.165) is 12.1 Å². The zero-order chi connectivity index (χ0) is 13.1. The Hall–Kier alpha value is -2.44. The highest BCUT2D eigenvalue weighted by Gasteiger charge is 2.11. The standard InChI is InChI=1S/C11H14N6O/c1-3-8-4-7(5-9(12)15-8)10(18)16-11-13-6-14-17(11)2/h4-6H,3H2,1-2H3,(H2,12,15)(H,13,14,16,18). The average molecular weight is 246 g/mol. The molecule has 2 rings (SSSR count). The molecule has 3 N–H and O–H groups in total. The smallest absolute Gasteiger partial charge is 0.258 e. The molecule has 1 amide bonds. The SMILES string of the molecule is CCc1cc(C(=O)Nc2ncnn2C)cc(N)n1. The maximum absolute atomic E-state index is 12.0. The van der Waals surface area contributed by atoms with Gasteiger partial charge in [0, 0.05) is 18.3 Å². The summed E-state index contributed by atoms with van der Waals surface area (Å²) in [5.74, 6) is 0.431. The summed E-state index contributed by atoms with van der Waals surface area (Å²) in [7, 11) is 1.70. The summed E-state index contributed by atoms with van der Waals surface area (Å²) >= 11 is 0. The molecule has 0 unspecified atom stereocenters. The first-order valence-corrected chi connectivity index (χ1v) is 5.52. The van der Waals surface area contributed by atoms with Crippen LogP contribution in [0, 0.1) is 0 Å². The van der Waals surface area contributed by atoms with Crippen molar-refractivity contribution in [3.8, 4) is 0 Å². The van der Waals surface area contributed by atoms with Gasteiger partial charge in [-0.1, -0.05) is 6.92 Å². The number of nitrogens with one attached hydrogen (secondary N) is 1. The summed E-state index contributed by atoms with van der Waals surface area (Å²) < 4.78 is 1.48. The largest absolute Gasteiger partial charge is 0.384 e. The van der Waals surface area contributed by atoms with Crippen molar-refractivity contribution in [2.75, 3.05) is 11.1 Å². The van der Waals surface area contributed by atoms with E-state index in [1.165, 1.54) is 17.1 Å². The molecule has 0 aromatic carbocycles. The van der Waals surface area contributed by atoms with Gasteiger partial charge in [-0.3, -0.25) is 10.1 Å². The lowest BCUT2D eigenvalue weighted by molar-refractivity contribution is 0.102. The minimum absolute atomic E-state index is 0.282. The fourth-order valence-electron chi connectivity index (χ4n) is 1.51. The van der Waals surface area contributed by atoms with Crippen LogP contribution in [-0.4, -0.2) is 25.7 Å². The fourth-order valence-corrected chi connectivity index (χ4v) is 1.51. The molecule has 7 heteroatoms. The van der Waals surface area contributed by atoms with E-state index in [4.69, 9.17) is 5.73 Å². The Morgan fingerprint density at radius 1 is 1.50 bits per heavy atom. The Morgan fingerprint density at radius 3 is 2.89 bits per heavy atom. The van der Waals surface area contributed by atoms with Crippen molar-refractivity contribution < 1.29 is 4.79 Å². The van der Waals surface area contributed by atoms with Crippen LogP contribution in [0.25, 0.3) is 0 Å². The highest BCUT2D eigenvalue weighted by molar-refractivity contribution is 6.03. The lowest BCUT2D eigenvalue weighted by atomic mass is 10.2. The molecule has 0 spiro atoms. The molecule has 0 atom stereocenters. The van der Waals surface area contributed by atoms with Crippen molar-refractivity contribution in [2.45, 2.75) is 13.3 Å². The van der Waals surface area contributed by atoms with Crippen molar-refractivity contribution in [1.82, 2.24) is 19.7 Å². The van der Waals surface area contributed by atoms with Crippen molar-refractivity contribution in [3.63, 3.8) is 0 Å². The van der Waals surface area contributed by atoms with E-state index in [9.17, 15) is 4.79 Å². The number of nitrogens with two attached hydrogens (primary N) is 1. The van der Waals surface area contributed by atoms with E-state index in [0.29, 0.717) is 17.3 Å². The van der Waals surface area contributed by atoms with Gasteiger partial charge >= 0.3 is 0 Å². The van der Waals surface area contributed by atoms with Gasteiger partial charge in [-0.15, -0.1) is 0 Å². The topological polar surface area (TPSA) is 98.7 Å². The van der Waals surface area contributed by atoms with Gasteiger partial charge in [-0.05, 0) is 18.6 Å². The zero-order valence-electron chi connectivity index (χ0n) is 10.2. The molecular weight excluding hydrogens is 232 g/mol. The Kier molecular flexibility index (Phi) is 3.22. The zero-order valence-corrected chi connectivity index (χ0v) is 10.2. The monoisotopic (exact) mass is 246 g/mol. The van der Waals surface area contributed by atoms with Gasteiger partial charge in [-0.2, -0.15) is 10.1 Å². The van der Waals surface area contributed by atoms with E-state index in [1.54, 1.807) is 13.1 Å². The number of carbonyl (C=O) groups is 1. The number of pyridine rings is 1. The summed E-state index contributed by atoms with van der Waals surface area (Å²) in [5, 5.41) is 6.52. The number of hydrogen-bond donors (Lipinski definition) is 2. The molecule has 0 saturated carbocycles. The van der Waals surface area contributed by atoms with E-state index >= 15 is 0 Å². The van der Waals surface area contributed by atoms with E-state index in [2.05, 4.69) is 20.4 Å². The molecule has 94 valence electrons. The third-order valence-electron chi connectivity index (χ3n) is 2.46. The molecule has 0 saturated heterocycles. The minimum atomic E-state index is -0.282. The van der Waals surface area contributed by atoms with Crippen LogP contribution >= 0.6 is 0 Å². The molecule has 0 aliphatic carbocycles. The lowest BCUT2D eigenvalue weighted by Crippen LogP contribution is -2.16. The maximum Gasteiger partial charge on any atom is 0.258 e. The number of nitrogens with zero attached hydrogens (tertiary/aromatic N) is 4. The molecule has 18 heavy (non-hydrogen) atoms. The molecule has 0 bridgehead atoms. The average Bonchev–Trinajstić information content (AvgIpc) is 2.74. The number of aryl methyl sites for hydroxylation is 2. The van der Waals surface area contributed by atoms with E-state index < -0.39 is 0 Å². The van der Waals surface area contributed by atoms with Gasteiger partial charge in [0.2, 0.25) is 5.95 Å². The predicted molar refractivity (Wildman–Crippen MR) is 67.0 cm³/mol. The number of hydrogen-bond acceptors (Lipinski definition) is 5. The molecule has 0 aliphatic rings. The summed E-state index contributed by atoms with van der Waals surface area (Å²) in [5.41, 5.74) is 6.89. The third kappa shape index (κ3) is 2.45. The predicted octanol–water partition coefficient (Wildman–Crippen LogP) is 0.607. The summed E-state index contributed by atoms with van der Waals surface area (Å²) in [6.07, 6.45) is 2.09. The summed E-state index contributed by atoms with van der Waals surface area (Å²) in [6.45, 7) is 1.95. The molecule has 2 heterocycles. The van der Waals surface area contributed by atoms with Crippen molar-refractivity contribution >= 4 is 17.7 Å². The molecule has 0 aliphatic heterocycles. The number of aromatic nitrogens is 4. The van der Waals surface area contributed by atoms with Crippen molar-refractivity contribution in [2.24, 2.45) is 7.05 Å². The van der Waals surface area contributed by atoms with Gasteiger partial charge in [0.05, 0.1) is 0 Å². The number of rotatable bonds is 3. The first kappa shape index (κ1) is 12.0. The first-order valence-electron chi connectivity index (χ1n) is 5.52. The van der Waals surface area contributed by atoms with Gasteiger partial charge in [0.15, 0.2) is 0 Å². The van der Waals surface area contributed by atoms with Gasteiger partial charge in [0.1, 0.15) is 12.1 Å². The van der Waals surface area contributed by atoms with Crippen molar-refractivity contribution in [1.29, 1.82) is 0 Å². The van der Waals surface area contributed by atoms with Crippen LogP contribution in [0.15, 0.2) is 18.5 Å². The van der Waals surface area contributed by atoms with Crippen molar-refractivity contribution in [3.05, 3.63) is 29.7 Å². The lowest BCUT2D eigenvalue weighted by Gasteiger charge is -2.06. The highest BCUT2D eigenvalue weighted by Crippen LogP contribution is 2.10. The number of nitrogen functional groups attached to an aromatic ring is 1. The molecule has 7 nitrogen and oxygen atoms in total. The Morgan fingerprint density at radius 2 is 2.28 bits per heavy atom. The van der Waals surface area contributed by atoms with Crippen LogP contribution in [0.2, 0.25) is 0 Å². The molecule has 0 radical (unpaired) electrons. The molecular formula is C11H14N6O. The maximum atomic E-state index is 12.0. The summed E-state index contributed by atoms with van der Waals surface area (Å²) in [6, 6.07) is 3.24. The van der Waals surface area contributed by atoms with Crippen LogP contribution in [0.4, 0.5) is 11.8 Å². The Balaban J connectivity index is 2.24. The number of amides is 1. The summed E-state index contributed by atoms with van der Waals surface area (Å²) in [4.78, 5) is 20.0. The molecule has 2 aromatic heterocycles. The number of carbonyl (C=O) groups excluding carboxylic acids is 1. The van der Waals surface area contributed by atoms with Crippen LogP contribution in [0.5, 0.6) is 0 Å². The highest BCUT2D eigenvalue weighted by atomic mass is 16.1. The number of anilines is 2. The van der Waals surface area contributed by atoms with Gasteiger partial charge < -0.3 is 5.73 Å².